The Hall–Kier alpha value is -0.780. The number of allylic oxidation sites excluding steroid dienone is 4. The van der Waals surface area contributed by atoms with Gasteiger partial charge in [0.1, 0.15) is 0 Å². The summed E-state index contributed by atoms with van der Waals surface area (Å²) >= 11 is 0. The molecule has 0 nitrogen and oxygen atoms in total. The highest BCUT2D eigenvalue weighted by Gasteiger charge is 1.99. The molecule has 0 aliphatic heterocycles. The van der Waals surface area contributed by atoms with Crippen LogP contribution in [0.15, 0.2) is 35.5 Å². The predicted octanol–water partition coefficient (Wildman–Crippen LogP) is 3.87. The van der Waals surface area contributed by atoms with Crippen molar-refractivity contribution in [1.82, 2.24) is 0 Å². The number of rotatable bonds is 3. The first-order chi connectivity index (χ1) is 4.95. The van der Waals surface area contributed by atoms with Crippen LogP contribution in [0.5, 0.6) is 0 Å². The van der Waals surface area contributed by atoms with E-state index in [9.17, 15) is 0 Å². The minimum atomic E-state index is 0.970. The fourth-order valence-electron chi connectivity index (χ4n) is 1.06. The normalized spacial score (nSPS) is 9.09. The van der Waals surface area contributed by atoms with Crippen LogP contribution in [0.2, 0.25) is 0 Å². The SMILES string of the molecule is C=C(C)CC(C(=C)C)=C(C)C. The average Bonchev–Trinajstić information content (AvgIpc) is 1.81. The Balaban J connectivity index is 4.52. The fourth-order valence-corrected chi connectivity index (χ4v) is 1.06. The van der Waals surface area contributed by atoms with Gasteiger partial charge in [0.2, 0.25) is 0 Å². The topological polar surface area (TPSA) is 0 Å². The highest BCUT2D eigenvalue weighted by Crippen LogP contribution is 2.19. The summed E-state index contributed by atoms with van der Waals surface area (Å²) in [6.45, 7) is 16.1. The molecule has 0 aromatic rings. The summed E-state index contributed by atoms with van der Waals surface area (Å²) in [5.74, 6) is 0. The molecule has 0 aromatic carbocycles. The van der Waals surface area contributed by atoms with E-state index < -0.39 is 0 Å². The van der Waals surface area contributed by atoms with E-state index >= 15 is 0 Å². The maximum Gasteiger partial charge on any atom is -0.00708 e. The lowest BCUT2D eigenvalue weighted by atomic mass is 9.98. The minimum Gasteiger partial charge on any atom is -0.0998 e. The van der Waals surface area contributed by atoms with E-state index in [1.807, 2.05) is 13.8 Å². The Morgan fingerprint density at radius 1 is 1.00 bits per heavy atom. The number of hydrogen-bond donors (Lipinski definition) is 0. The molecule has 0 unspecified atom stereocenters. The molecule has 0 aliphatic rings. The predicted molar refractivity (Wildman–Crippen MR) is 52.6 cm³/mol. The molecule has 0 saturated heterocycles. The third-order valence-corrected chi connectivity index (χ3v) is 1.60. The second-order valence-corrected chi connectivity index (χ2v) is 3.39. The van der Waals surface area contributed by atoms with Crippen molar-refractivity contribution in [2.75, 3.05) is 0 Å². The molecular weight excluding hydrogens is 132 g/mol. The average molecular weight is 150 g/mol. The smallest absolute Gasteiger partial charge is 0.00708 e. The molecule has 62 valence electrons. The van der Waals surface area contributed by atoms with Crippen molar-refractivity contribution in [2.45, 2.75) is 34.1 Å². The summed E-state index contributed by atoms with van der Waals surface area (Å²) in [4.78, 5) is 0. The Kier molecular flexibility index (Phi) is 3.88. The highest BCUT2D eigenvalue weighted by molar-refractivity contribution is 5.33. The lowest BCUT2D eigenvalue weighted by Gasteiger charge is -2.08. The first kappa shape index (κ1) is 10.2. The van der Waals surface area contributed by atoms with Crippen LogP contribution >= 0.6 is 0 Å². The zero-order chi connectivity index (χ0) is 9.02. The van der Waals surface area contributed by atoms with Gasteiger partial charge < -0.3 is 0 Å². The van der Waals surface area contributed by atoms with Crippen LogP contribution in [-0.4, -0.2) is 0 Å². The molecule has 0 aromatic heterocycles. The van der Waals surface area contributed by atoms with Crippen LogP contribution in [-0.2, 0) is 0 Å². The maximum atomic E-state index is 3.93. The standard InChI is InChI=1S/C11H18/c1-8(2)7-11(9(3)4)10(5)6/h1,3,7H2,2,4-6H3. The van der Waals surface area contributed by atoms with E-state index in [1.54, 1.807) is 0 Å². The molecule has 0 aliphatic carbocycles. The number of hydrogen-bond acceptors (Lipinski definition) is 0. The Bertz CT molecular complexity index is 200. The minimum absolute atomic E-state index is 0.970. The zero-order valence-corrected chi connectivity index (χ0v) is 8.12. The Morgan fingerprint density at radius 2 is 1.45 bits per heavy atom. The van der Waals surface area contributed by atoms with Crippen molar-refractivity contribution in [1.29, 1.82) is 0 Å². The first-order valence-electron chi connectivity index (χ1n) is 3.91. The van der Waals surface area contributed by atoms with Crippen LogP contribution < -0.4 is 0 Å². The summed E-state index contributed by atoms with van der Waals surface area (Å²) in [6.07, 6.45) is 0.970. The van der Waals surface area contributed by atoms with Crippen molar-refractivity contribution in [3.63, 3.8) is 0 Å². The van der Waals surface area contributed by atoms with Gasteiger partial charge in [0, 0.05) is 0 Å². The molecule has 0 saturated carbocycles. The molecule has 0 spiro atoms. The van der Waals surface area contributed by atoms with E-state index in [2.05, 4.69) is 27.0 Å². The van der Waals surface area contributed by atoms with Crippen molar-refractivity contribution in [3.05, 3.63) is 35.5 Å². The van der Waals surface area contributed by atoms with Crippen LogP contribution in [0.4, 0.5) is 0 Å². The Labute approximate surface area is 70.3 Å². The van der Waals surface area contributed by atoms with Gasteiger partial charge in [-0.15, -0.1) is 0 Å². The van der Waals surface area contributed by atoms with Gasteiger partial charge in [-0.25, -0.2) is 0 Å². The van der Waals surface area contributed by atoms with Gasteiger partial charge in [0.15, 0.2) is 0 Å². The van der Waals surface area contributed by atoms with Crippen LogP contribution in [0.1, 0.15) is 34.1 Å². The molecule has 0 atom stereocenters. The monoisotopic (exact) mass is 150 g/mol. The third-order valence-electron chi connectivity index (χ3n) is 1.60. The molecule has 0 rings (SSSR count). The summed E-state index contributed by atoms with van der Waals surface area (Å²) < 4.78 is 0. The quantitative estimate of drug-likeness (QED) is 0.423. The van der Waals surface area contributed by atoms with Crippen molar-refractivity contribution in [3.8, 4) is 0 Å². The molecular formula is C11H18. The van der Waals surface area contributed by atoms with Crippen LogP contribution in [0.25, 0.3) is 0 Å². The molecule has 0 N–H and O–H groups in total. The van der Waals surface area contributed by atoms with Crippen LogP contribution in [0.3, 0.4) is 0 Å². The lowest BCUT2D eigenvalue weighted by Crippen LogP contribution is -1.88. The van der Waals surface area contributed by atoms with Gasteiger partial charge >= 0.3 is 0 Å². The summed E-state index contributed by atoms with van der Waals surface area (Å²) in [6, 6.07) is 0. The molecule has 11 heavy (non-hydrogen) atoms. The van der Waals surface area contributed by atoms with Crippen molar-refractivity contribution < 1.29 is 0 Å². The molecule has 0 fully saturated rings. The fraction of sp³-hybridized carbons (Fsp3) is 0.455. The van der Waals surface area contributed by atoms with Gasteiger partial charge in [0.05, 0.1) is 0 Å². The molecule has 0 bridgehead atoms. The van der Waals surface area contributed by atoms with E-state index in [-0.39, 0.29) is 0 Å². The van der Waals surface area contributed by atoms with E-state index in [0.717, 1.165) is 12.0 Å². The van der Waals surface area contributed by atoms with Gasteiger partial charge in [-0.05, 0) is 39.7 Å². The lowest BCUT2D eigenvalue weighted by molar-refractivity contribution is 1.08. The van der Waals surface area contributed by atoms with Gasteiger partial charge in [0.25, 0.3) is 0 Å². The van der Waals surface area contributed by atoms with Crippen LogP contribution in [0, 0.1) is 0 Å². The van der Waals surface area contributed by atoms with E-state index in [0.29, 0.717) is 0 Å². The molecule has 0 heteroatoms. The summed E-state index contributed by atoms with van der Waals surface area (Å²) in [5, 5.41) is 0. The van der Waals surface area contributed by atoms with Gasteiger partial charge in [-0.3, -0.25) is 0 Å². The first-order valence-corrected chi connectivity index (χ1v) is 3.91. The highest BCUT2D eigenvalue weighted by atomic mass is 14.1. The largest absolute Gasteiger partial charge is 0.0998 e. The second kappa shape index (κ2) is 4.17. The molecule has 0 heterocycles. The van der Waals surface area contributed by atoms with Gasteiger partial charge in [-0.2, -0.15) is 0 Å². The Morgan fingerprint density at radius 3 is 1.55 bits per heavy atom. The van der Waals surface area contributed by atoms with Crippen molar-refractivity contribution >= 4 is 0 Å². The van der Waals surface area contributed by atoms with Gasteiger partial charge in [-0.1, -0.05) is 29.9 Å². The maximum absolute atomic E-state index is 3.93. The summed E-state index contributed by atoms with van der Waals surface area (Å²) in [7, 11) is 0. The third kappa shape index (κ3) is 3.82. The molecule has 0 amide bonds. The van der Waals surface area contributed by atoms with E-state index in [1.165, 1.54) is 16.7 Å². The second-order valence-electron chi connectivity index (χ2n) is 3.39. The van der Waals surface area contributed by atoms with Crippen molar-refractivity contribution in [2.24, 2.45) is 0 Å². The zero-order valence-electron chi connectivity index (χ0n) is 8.12. The summed E-state index contributed by atoms with van der Waals surface area (Å²) in [5.41, 5.74) is 5.05. The van der Waals surface area contributed by atoms with E-state index in [4.69, 9.17) is 0 Å². The molecule has 0 radical (unpaired) electrons.